The maximum absolute atomic E-state index is 11.7. The number of rotatable bonds is 8. The number of primary amides is 1. The highest BCUT2D eigenvalue weighted by molar-refractivity contribution is 5.76. The van der Waals surface area contributed by atoms with Crippen molar-refractivity contribution in [1.82, 2.24) is 5.32 Å². The number of hydrogen-bond donors (Lipinski definition) is 2. The van der Waals surface area contributed by atoms with Crippen LogP contribution in [0.3, 0.4) is 0 Å². The molecule has 2 fully saturated rings. The van der Waals surface area contributed by atoms with Crippen LogP contribution in [0.25, 0.3) is 0 Å². The molecule has 3 N–H and O–H groups in total. The SMILES string of the molecule is CCCCCC(CCC1NCCC2CCCCC21)C(N)=O. The van der Waals surface area contributed by atoms with Crippen LogP contribution in [0.15, 0.2) is 0 Å². The predicted octanol–water partition coefficient (Wildman–Crippen LogP) is 3.62. The van der Waals surface area contributed by atoms with E-state index in [1.807, 2.05) is 0 Å². The van der Waals surface area contributed by atoms with E-state index in [0.29, 0.717) is 6.04 Å². The molecule has 0 aromatic carbocycles. The third-order valence-corrected chi connectivity index (χ3v) is 5.79. The summed E-state index contributed by atoms with van der Waals surface area (Å²) in [5.41, 5.74) is 5.61. The lowest BCUT2D eigenvalue weighted by atomic mass is 9.70. The van der Waals surface area contributed by atoms with E-state index in [0.717, 1.165) is 37.5 Å². The monoisotopic (exact) mass is 294 g/mol. The normalized spacial score (nSPS) is 30.6. The van der Waals surface area contributed by atoms with Gasteiger partial charge in [0.1, 0.15) is 0 Å². The summed E-state index contributed by atoms with van der Waals surface area (Å²) in [5, 5.41) is 3.73. The van der Waals surface area contributed by atoms with Crippen molar-refractivity contribution in [3.05, 3.63) is 0 Å². The highest BCUT2D eigenvalue weighted by Gasteiger charge is 2.34. The lowest BCUT2D eigenvalue weighted by Gasteiger charge is -2.42. The van der Waals surface area contributed by atoms with Crippen molar-refractivity contribution in [2.24, 2.45) is 23.5 Å². The summed E-state index contributed by atoms with van der Waals surface area (Å²) in [5.74, 6) is 1.82. The molecule has 1 aliphatic heterocycles. The number of nitrogens with one attached hydrogen (secondary N) is 1. The first-order valence-corrected chi connectivity index (χ1v) is 9.25. The van der Waals surface area contributed by atoms with Crippen molar-refractivity contribution < 1.29 is 4.79 Å². The Balaban J connectivity index is 1.79. The van der Waals surface area contributed by atoms with Gasteiger partial charge in [-0.25, -0.2) is 0 Å². The first kappa shape index (κ1) is 16.8. The minimum absolute atomic E-state index is 0.0814. The van der Waals surface area contributed by atoms with Crippen molar-refractivity contribution in [2.45, 2.75) is 83.6 Å². The molecule has 0 aromatic rings. The van der Waals surface area contributed by atoms with Crippen LogP contribution in [0.5, 0.6) is 0 Å². The summed E-state index contributed by atoms with van der Waals surface area (Å²) in [4.78, 5) is 11.7. The van der Waals surface area contributed by atoms with Crippen LogP contribution in [0.4, 0.5) is 0 Å². The van der Waals surface area contributed by atoms with E-state index in [2.05, 4.69) is 12.2 Å². The molecule has 0 radical (unpaired) electrons. The smallest absolute Gasteiger partial charge is 0.220 e. The lowest BCUT2D eigenvalue weighted by molar-refractivity contribution is -0.122. The molecule has 1 amide bonds. The van der Waals surface area contributed by atoms with Gasteiger partial charge in [0.2, 0.25) is 5.91 Å². The number of fused-ring (bicyclic) bond motifs is 1. The van der Waals surface area contributed by atoms with Gasteiger partial charge in [0, 0.05) is 12.0 Å². The average molecular weight is 294 g/mol. The van der Waals surface area contributed by atoms with Gasteiger partial charge in [-0.15, -0.1) is 0 Å². The zero-order valence-electron chi connectivity index (χ0n) is 13.8. The molecule has 21 heavy (non-hydrogen) atoms. The van der Waals surface area contributed by atoms with Gasteiger partial charge < -0.3 is 11.1 Å². The van der Waals surface area contributed by atoms with Crippen LogP contribution >= 0.6 is 0 Å². The quantitative estimate of drug-likeness (QED) is 0.672. The second kappa shape index (κ2) is 8.77. The van der Waals surface area contributed by atoms with Gasteiger partial charge in [-0.05, 0) is 50.5 Å². The Morgan fingerprint density at radius 2 is 2.00 bits per heavy atom. The number of hydrogen-bond acceptors (Lipinski definition) is 2. The molecule has 2 rings (SSSR count). The van der Waals surface area contributed by atoms with E-state index in [4.69, 9.17) is 5.73 Å². The Labute approximate surface area is 130 Å². The zero-order chi connectivity index (χ0) is 15.1. The van der Waals surface area contributed by atoms with E-state index in [1.165, 1.54) is 51.5 Å². The molecule has 0 bridgehead atoms. The zero-order valence-corrected chi connectivity index (χ0v) is 13.8. The van der Waals surface area contributed by atoms with E-state index in [-0.39, 0.29) is 11.8 Å². The number of carbonyl (C=O) groups excluding carboxylic acids is 1. The molecular formula is C18H34N2O. The molecular weight excluding hydrogens is 260 g/mol. The van der Waals surface area contributed by atoms with Gasteiger partial charge in [0.25, 0.3) is 0 Å². The van der Waals surface area contributed by atoms with Crippen LogP contribution in [0.2, 0.25) is 0 Å². The number of carbonyl (C=O) groups is 1. The largest absolute Gasteiger partial charge is 0.369 e. The standard InChI is InChI=1S/C18H34N2O/c1-2-3-4-8-15(18(19)21)10-11-17-16-9-6-5-7-14(16)12-13-20-17/h14-17,20H,2-13H2,1H3,(H2,19,21). The number of nitrogens with two attached hydrogens (primary N) is 1. The van der Waals surface area contributed by atoms with E-state index >= 15 is 0 Å². The fraction of sp³-hybridized carbons (Fsp3) is 0.944. The Bertz CT molecular complexity index is 316. The van der Waals surface area contributed by atoms with Gasteiger partial charge in [-0.2, -0.15) is 0 Å². The third-order valence-electron chi connectivity index (χ3n) is 5.79. The summed E-state index contributed by atoms with van der Waals surface area (Å²) in [6, 6.07) is 0.636. The molecule has 0 spiro atoms. The van der Waals surface area contributed by atoms with Crippen LogP contribution in [-0.4, -0.2) is 18.5 Å². The minimum atomic E-state index is -0.0814. The summed E-state index contributed by atoms with van der Waals surface area (Å²) in [6.45, 7) is 3.37. The summed E-state index contributed by atoms with van der Waals surface area (Å²) >= 11 is 0. The van der Waals surface area contributed by atoms with Gasteiger partial charge in [0.05, 0.1) is 0 Å². The lowest BCUT2D eigenvalue weighted by Crippen LogP contribution is -2.47. The fourth-order valence-electron chi connectivity index (χ4n) is 4.50. The van der Waals surface area contributed by atoms with Gasteiger partial charge in [-0.1, -0.05) is 45.4 Å². The van der Waals surface area contributed by atoms with Crippen molar-refractivity contribution in [2.75, 3.05) is 6.54 Å². The van der Waals surface area contributed by atoms with E-state index in [1.54, 1.807) is 0 Å². The third kappa shape index (κ3) is 4.98. The van der Waals surface area contributed by atoms with Crippen molar-refractivity contribution in [3.63, 3.8) is 0 Å². The number of amides is 1. The Kier molecular flexibility index (Phi) is 7.01. The van der Waals surface area contributed by atoms with Crippen molar-refractivity contribution >= 4 is 5.91 Å². The fourth-order valence-corrected chi connectivity index (χ4v) is 4.50. The van der Waals surface area contributed by atoms with Gasteiger partial charge in [-0.3, -0.25) is 4.79 Å². The molecule has 3 heteroatoms. The molecule has 1 aliphatic carbocycles. The van der Waals surface area contributed by atoms with Gasteiger partial charge in [0.15, 0.2) is 0 Å². The van der Waals surface area contributed by atoms with Crippen LogP contribution in [0.1, 0.15) is 77.6 Å². The second-order valence-electron chi connectivity index (χ2n) is 7.23. The highest BCUT2D eigenvalue weighted by atomic mass is 16.1. The first-order chi connectivity index (χ1) is 10.2. The summed E-state index contributed by atoms with van der Waals surface area (Å²) in [7, 11) is 0. The Morgan fingerprint density at radius 3 is 2.76 bits per heavy atom. The van der Waals surface area contributed by atoms with Crippen molar-refractivity contribution in [3.8, 4) is 0 Å². The average Bonchev–Trinajstić information content (AvgIpc) is 2.50. The molecule has 2 aliphatic rings. The maximum atomic E-state index is 11.7. The van der Waals surface area contributed by atoms with E-state index in [9.17, 15) is 4.79 Å². The second-order valence-corrected chi connectivity index (χ2v) is 7.23. The summed E-state index contributed by atoms with van der Waals surface area (Å²) < 4.78 is 0. The number of piperidine rings is 1. The molecule has 4 atom stereocenters. The minimum Gasteiger partial charge on any atom is -0.369 e. The summed E-state index contributed by atoms with van der Waals surface area (Å²) in [6.07, 6.45) is 13.7. The van der Waals surface area contributed by atoms with Crippen molar-refractivity contribution in [1.29, 1.82) is 0 Å². The highest BCUT2D eigenvalue weighted by Crippen LogP contribution is 2.38. The Hall–Kier alpha value is -0.570. The molecule has 1 heterocycles. The van der Waals surface area contributed by atoms with Crippen LogP contribution in [0, 0.1) is 17.8 Å². The van der Waals surface area contributed by atoms with E-state index < -0.39 is 0 Å². The first-order valence-electron chi connectivity index (χ1n) is 9.25. The molecule has 1 saturated carbocycles. The van der Waals surface area contributed by atoms with Crippen LogP contribution < -0.4 is 11.1 Å². The Morgan fingerprint density at radius 1 is 1.19 bits per heavy atom. The molecule has 3 nitrogen and oxygen atoms in total. The molecule has 4 unspecified atom stereocenters. The molecule has 0 aromatic heterocycles. The number of unbranched alkanes of at least 4 members (excludes halogenated alkanes) is 2. The molecule has 122 valence electrons. The molecule has 1 saturated heterocycles. The maximum Gasteiger partial charge on any atom is 0.220 e. The van der Waals surface area contributed by atoms with Crippen LogP contribution in [-0.2, 0) is 4.79 Å². The van der Waals surface area contributed by atoms with Gasteiger partial charge >= 0.3 is 0 Å². The topological polar surface area (TPSA) is 55.1 Å². The predicted molar refractivity (Wildman–Crippen MR) is 87.9 cm³/mol.